The van der Waals surface area contributed by atoms with Gasteiger partial charge in [0.05, 0.1) is 21.3 Å². The molecule has 0 atom stereocenters. The SMILES string of the molecule is COc1ccc(-c2ncoc2-c2ccc(OC)c(OC)c2)cc1. The van der Waals surface area contributed by atoms with Crippen molar-refractivity contribution in [2.45, 2.75) is 0 Å². The van der Waals surface area contributed by atoms with Gasteiger partial charge < -0.3 is 18.6 Å². The topological polar surface area (TPSA) is 53.7 Å². The van der Waals surface area contributed by atoms with Crippen molar-refractivity contribution in [3.8, 4) is 39.8 Å². The predicted octanol–water partition coefficient (Wildman–Crippen LogP) is 4.03. The zero-order valence-electron chi connectivity index (χ0n) is 13.2. The predicted molar refractivity (Wildman–Crippen MR) is 87.0 cm³/mol. The van der Waals surface area contributed by atoms with Gasteiger partial charge in [0.25, 0.3) is 0 Å². The Bertz CT molecular complexity index is 793. The second-order valence-electron chi connectivity index (χ2n) is 4.83. The minimum atomic E-state index is 0.641. The lowest BCUT2D eigenvalue weighted by Crippen LogP contribution is -1.91. The molecule has 2 aromatic carbocycles. The summed E-state index contributed by atoms with van der Waals surface area (Å²) in [5, 5.41) is 0. The van der Waals surface area contributed by atoms with Crippen molar-refractivity contribution in [3.63, 3.8) is 0 Å². The van der Waals surface area contributed by atoms with E-state index in [1.807, 2.05) is 42.5 Å². The third-order valence-corrected chi connectivity index (χ3v) is 3.58. The first-order chi connectivity index (χ1) is 11.3. The number of methoxy groups -OCH3 is 3. The van der Waals surface area contributed by atoms with E-state index >= 15 is 0 Å². The lowest BCUT2D eigenvalue weighted by molar-refractivity contribution is 0.355. The number of hydrogen-bond acceptors (Lipinski definition) is 5. The maximum Gasteiger partial charge on any atom is 0.182 e. The highest BCUT2D eigenvalue weighted by Gasteiger charge is 2.15. The van der Waals surface area contributed by atoms with E-state index < -0.39 is 0 Å². The largest absolute Gasteiger partial charge is 0.497 e. The maximum atomic E-state index is 5.60. The van der Waals surface area contributed by atoms with Crippen molar-refractivity contribution >= 4 is 0 Å². The maximum absolute atomic E-state index is 5.60. The van der Waals surface area contributed by atoms with E-state index in [4.69, 9.17) is 18.6 Å². The molecule has 1 aromatic heterocycles. The fraction of sp³-hybridized carbons (Fsp3) is 0.167. The standard InChI is InChI=1S/C18H17NO4/c1-20-14-7-4-12(5-8-14)17-18(23-11-19-17)13-6-9-15(21-2)16(10-13)22-3/h4-11H,1-3H3. The van der Waals surface area contributed by atoms with Crippen LogP contribution >= 0.6 is 0 Å². The van der Waals surface area contributed by atoms with Gasteiger partial charge in [-0.15, -0.1) is 0 Å². The molecule has 3 rings (SSSR count). The van der Waals surface area contributed by atoms with E-state index in [0.717, 1.165) is 22.6 Å². The van der Waals surface area contributed by atoms with Gasteiger partial charge in [-0.05, 0) is 42.5 Å². The van der Waals surface area contributed by atoms with Gasteiger partial charge in [-0.25, -0.2) is 4.98 Å². The van der Waals surface area contributed by atoms with Gasteiger partial charge in [-0.2, -0.15) is 0 Å². The molecule has 5 heteroatoms. The molecule has 0 fully saturated rings. The summed E-state index contributed by atoms with van der Waals surface area (Å²) < 4.78 is 21.4. The smallest absolute Gasteiger partial charge is 0.182 e. The van der Waals surface area contributed by atoms with E-state index in [1.165, 1.54) is 6.39 Å². The van der Waals surface area contributed by atoms with Crippen LogP contribution in [0.4, 0.5) is 0 Å². The summed E-state index contributed by atoms with van der Waals surface area (Å²) in [6.45, 7) is 0. The molecular formula is C18H17NO4. The van der Waals surface area contributed by atoms with Gasteiger partial charge in [-0.1, -0.05) is 0 Å². The minimum absolute atomic E-state index is 0.641. The van der Waals surface area contributed by atoms with Crippen LogP contribution in [0.2, 0.25) is 0 Å². The third kappa shape index (κ3) is 2.85. The average molecular weight is 311 g/mol. The molecule has 0 unspecified atom stereocenters. The molecule has 0 aliphatic heterocycles. The van der Waals surface area contributed by atoms with Crippen LogP contribution < -0.4 is 14.2 Å². The van der Waals surface area contributed by atoms with Crippen LogP contribution in [0, 0.1) is 0 Å². The second kappa shape index (κ2) is 6.44. The summed E-state index contributed by atoms with van der Waals surface area (Å²) in [5.41, 5.74) is 2.58. The Morgan fingerprint density at radius 1 is 0.783 bits per heavy atom. The van der Waals surface area contributed by atoms with Crippen molar-refractivity contribution in [1.82, 2.24) is 4.98 Å². The van der Waals surface area contributed by atoms with Crippen molar-refractivity contribution in [2.75, 3.05) is 21.3 Å². The fourth-order valence-electron chi connectivity index (χ4n) is 2.38. The molecule has 5 nitrogen and oxygen atoms in total. The number of hydrogen-bond donors (Lipinski definition) is 0. The van der Waals surface area contributed by atoms with E-state index in [-0.39, 0.29) is 0 Å². The first kappa shape index (κ1) is 15.0. The molecule has 0 aliphatic rings. The minimum Gasteiger partial charge on any atom is -0.497 e. The van der Waals surface area contributed by atoms with E-state index in [0.29, 0.717) is 17.3 Å². The summed E-state index contributed by atoms with van der Waals surface area (Å²) >= 11 is 0. The Morgan fingerprint density at radius 2 is 1.48 bits per heavy atom. The summed E-state index contributed by atoms with van der Waals surface area (Å²) in [6.07, 6.45) is 1.44. The zero-order valence-corrected chi connectivity index (χ0v) is 13.2. The first-order valence-electron chi connectivity index (χ1n) is 7.07. The molecule has 0 spiro atoms. The molecule has 118 valence electrons. The molecular weight excluding hydrogens is 294 g/mol. The highest BCUT2D eigenvalue weighted by molar-refractivity contribution is 5.78. The summed E-state index contributed by atoms with van der Waals surface area (Å²) in [4.78, 5) is 4.34. The zero-order chi connectivity index (χ0) is 16.2. The van der Waals surface area contributed by atoms with Crippen LogP contribution in [-0.4, -0.2) is 26.3 Å². The van der Waals surface area contributed by atoms with Crippen molar-refractivity contribution < 1.29 is 18.6 Å². The highest BCUT2D eigenvalue weighted by atomic mass is 16.5. The van der Waals surface area contributed by atoms with E-state index in [1.54, 1.807) is 21.3 Å². The van der Waals surface area contributed by atoms with Crippen molar-refractivity contribution in [3.05, 3.63) is 48.9 Å². The number of oxazole rings is 1. The molecule has 0 amide bonds. The van der Waals surface area contributed by atoms with Gasteiger partial charge in [-0.3, -0.25) is 0 Å². The number of ether oxygens (including phenoxy) is 3. The molecule has 1 heterocycles. The molecule has 0 saturated heterocycles. The lowest BCUT2D eigenvalue weighted by Gasteiger charge is -2.09. The van der Waals surface area contributed by atoms with Crippen molar-refractivity contribution in [1.29, 1.82) is 0 Å². The van der Waals surface area contributed by atoms with Crippen LogP contribution in [0.5, 0.6) is 17.2 Å². The van der Waals surface area contributed by atoms with Crippen molar-refractivity contribution in [2.24, 2.45) is 0 Å². The average Bonchev–Trinajstić information content (AvgIpc) is 3.10. The van der Waals surface area contributed by atoms with Gasteiger partial charge in [0, 0.05) is 11.1 Å². The second-order valence-corrected chi connectivity index (χ2v) is 4.83. The molecule has 23 heavy (non-hydrogen) atoms. The van der Waals surface area contributed by atoms with Crippen LogP contribution in [0.3, 0.4) is 0 Å². The fourth-order valence-corrected chi connectivity index (χ4v) is 2.38. The first-order valence-corrected chi connectivity index (χ1v) is 7.07. The monoisotopic (exact) mass is 311 g/mol. The Labute approximate surface area is 134 Å². The van der Waals surface area contributed by atoms with Crippen LogP contribution in [-0.2, 0) is 0 Å². The molecule has 0 radical (unpaired) electrons. The number of benzene rings is 2. The van der Waals surface area contributed by atoms with Gasteiger partial charge in [0.15, 0.2) is 23.7 Å². The Balaban J connectivity index is 2.03. The normalized spacial score (nSPS) is 10.4. The summed E-state index contributed by atoms with van der Waals surface area (Å²) in [5.74, 6) is 2.78. The molecule has 0 aliphatic carbocycles. The van der Waals surface area contributed by atoms with Gasteiger partial charge in [0.1, 0.15) is 11.4 Å². The Morgan fingerprint density at radius 3 is 2.13 bits per heavy atom. The molecule has 0 N–H and O–H groups in total. The lowest BCUT2D eigenvalue weighted by atomic mass is 10.1. The van der Waals surface area contributed by atoms with Gasteiger partial charge in [0.2, 0.25) is 0 Å². The van der Waals surface area contributed by atoms with E-state index in [9.17, 15) is 0 Å². The molecule has 0 bridgehead atoms. The van der Waals surface area contributed by atoms with Gasteiger partial charge >= 0.3 is 0 Å². The number of rotatable bonds is 5. The summed E-state index contributed by atoms with van der Waals surface area (Å²) in [6, 6.07) is 13.3. The summed E-state index contributed by atoms with van der Waals surface area (Å²) in [7, 11) is 4.85. The van der Waals surface area contributed by atoms with E-state index in [2.05, 4.69) is 4.98 Å². The molecule has 3 aromatic rings. The molecule has 0 saturated carbocycles. The Hall–Kier alpha value is -2.95. The number of nitrogens with zero attached hydrogens (tertiary/aromatic N) is 1. The third-order valence-electron chi connectivity index (χ3n) is 3.58. The van der Waals surface area contributed by atoms with Crippen LogP contribution in [0.15, 0.2) is 53.3 Å². The van der Waals surface area contributed by atoms with Crippen LogP contribution in [0.25, 0.3) is 22.6 Å². The Kier molecular flexibility index (Phi) is 4.19. The van der Waals surface area contributed by atoms with Crippen LogP contribution in [0.1, 0.15) is 0 Å². The number of aromatic nitrogens is 1. The highest BCUT2D eigenvalue weighted by Crippen LogP contribution is 2.36. The quantitative estimate of drug-likeness (QED) is 0.712.